The van der Waals surface area contributed by atoms with Crippen molar-refractivity contribution in [2.45, 2.75) is 39.2 Å². The fourth-order valence-corrected chi connectivity index (χ4v) is 2.42. The Morgan fingerprint density at radius 2 is 2.33 bits per heavy atom. The highest BCUT2D eigenvalue weighted by atomic mass is 16.1. The van der Waals surface area contributed by atoms with Gasteiger partial charge in [0.15, 0.2) is 0 Å². The lowest BCUT2D eigenvalue weighted by molar-refractivity contribution is 0.0905. The summed E-state index contributed by atoms with van der Waals surface area (Å²) in [6.07, 6.45) is 4.74. The van der Waals surface area contributed by atoms with E-state index >= 15 is 0 Å². The quantitative estimate of drug-likeness (QED) is 0.866. The lowest BCUT2D eigenvalue weighted by Gasteiger charge is -2.27. The number of aromatic nitrogens is 1. The first-order chi connectivity index (χ1) is 8.53. The van der Waals surface area contributed by atoms with Crippen LogP contribution in [0.5, 0.6) is 0 Å². The van der Waals surface area contributed by atoms with E-state index in [-0.39, 0.29) is 17.4 Å². The zero-order valence-electron chi connectivity index (χ0n) is 10.7. The molecule has 2 rings (SSSR count). The maximum absolute atomic E-state index is 12.0. The Balaban J connectivity index is 2.06. The predicted octanol–water partition coefficient (Wildman–Crippen LogP) is 2.26. The highest BCUT2D eigenvalue weighted by Crippen LogP contribution is 2.37. The second kappa shape index (κ2) is 4.77. The molecule has 1 aliphatic rings. The van der Waals surface area contributed by atoms with Crippen molar-refractivity contribution in [2.24, 2.45) is 5.41 Å². The molecule has 94 valence electrons. The average molecular weight is 243 g/mol. The van der Waals surface area contributed by atoms with E-state index in [1.54, 1.807) is 12.1 Å². The molecule has 4 heteroatoms. The molecule has 1 fully saturated rings. The van der Waals surface area contributed by atoms with Crippen molar-refractivity contribution in [1.29, 1.82) is 5.26 Å². The Morgan fingerprint density at radius 1 is 1.56 bits per heavy atom. The van der Waals surface area contributed by atoms with Gasteiger partial charge in [0.25, 0.3) is 5.91 Å². The molecule has 1 aromatic heterocycles. The fourth-order valence-electron chi connectivity index (χ4n) is 2.42. The molecule has 0 radical (unpaired) electrons. The van der Waals surface area contributed by atoms with Gasteiger partial charge in [-0.1, -0.05) is 20.3 Å². The molecule has 0 aromatic carbocycles. The molecule has 0 aliphatic heterocycles. The van der Waals surface area contributed by atoms with Crippen LogP contribution in [0.4, 0.5) is 0 Å². The molecule has 1 atom stereocenters. The number of hydrogen-bond donors (Lipinski definition) is 1. The Labute approximate surface area is 107 Å². The minimum atomic E-state index is -0.153. The number of carbonyl (C=O) groups is 1. The van der Waals surface area contributed by atoms with Crippen molar-refractivity contribution in [2.75, 3.05) is 0 Å². The molecule has 1 unspecified atom stereocenters. The second-order valence-corrected chi connectivity index (χ2v) is 5.45. The summed E-state index contributed by atoms with van der Waals surface area (Å²) in [5.74, 6) is -0.153. The maximum atomic E-state index is 12.0. The van der Waals surface area contributed by atoms with E-state index in [2.05, 4.69) is 24.1 Å². The summed E-state index contributed by atoms with van der Waals surface area (Å²) in [5.41, 5.74) is 0.992. The number of rotatable bonds is 2. The number of nitriles is 1. The molecule has 4 nitrogen and oxygen atoms in total. The van der Waals surface area contributed by atoms with E-state index in [0.717, 1.165) is 19.3 Å². The van der Waals surface area contributed by atoms with Gasteiger partial charge >= 0.3 is 0 Å². The number of pyridine rings is 1. The van der Waals surface area contributed by atoms with Crippen molar-refractivity contribution in [3.8, 4) is 6.07 Å². The number of nitrogens with zero attached hydrogens (tertiary/aromatic N) is 2. The van der Waals surface area contributed by atoms with Crippen molar-refractivity contribution in [3.63, 3.8) is 0 Å². The van der Waals surface area contributed by atoms with Crippen LogP contribution in [0, 0.1) is 16.7 Å². The average Bonchev–Trinajstić information content (AvgIpc) is 2.69. The SMILES string of the molecule is CC1(C)CCCC1NC(=O)c1ccc(C#N)cn1. The van der Waals surface area contributed by atoms with Crippen LogP contribution in [0.25, 0.3) is 0 Å². The summed E-state index contributed by atoms with van der Waals surface area (Å²) in [4.78, 5) is 16.0. The molecule has 1 aliphatic carbocycles. The first-order valence-corrected chi connectivity index (χ1v) is 6.20. The minimum Gasteiger partial charge on any atom is -0.347 e. The molecule has 1 saturated carbocycles. The van der Waals surface area contributed by atoms with Crippen molar-refractivity contribution in [3.05, 3.63) is 29.6 Å². The van der Waals surface area contributed by atoms with Crippen LogP contribution in [0.1, 0.15) is 49.2 Å². The Hall–Kier alpha value is -1.89. The molecule has 0 bridgehead atoms. The maximum Gasteiger partial charge on any atom is 0.270 e. The van der Waals surface area contributed by atoms with Crippen LogP contribution >= 0.6 is 0 Å². The van der Waals surface area contributed by atoms with Gasteiger partial charge in [0.05, 0.1) is 5.56 Å². The van der Waals surface area contributed by atoms with Gasteiger partial charge in [-0.05, 0) is 30.4 Å². The minimum absolute atomic E-state index is 0.153. The largest absolute Gasteiger partial charge is 0.347 e. The molecular formula is C14H17N3O. The van der Waals surface area contributed by atoms with Crippen LogP contribution in [-0.4, -0.2) is 16.9 Å². The van der Waals surface area contributed by atoms with Gasteiger partial charge in [0, 0.05) is 12.2 Å². The smallest absolute Gasteiger partial charge is 0.270 e. The molecule has 1 N–H and O–H groups in total. The van der Waals surface area contributed by atoms with E-state index in [1.165, 1.54) is 6.20 Å². The number of carbonyl (C=O) groups excluding carboxylic acids is 1. The monoisotopic (exact) mass is 243 g/mol. The number of amides is 1. The van der Waals surface area contributed by atoms with E-state index in [9.17, 15) is 4.79 Å². The molecule has 0 spiro atoms. The molecule has 1 heterocycles. The topological polar surface area (TPSA) is 65.8 Å². The first-order valence-electron chi connectivity index (χ1n) is 6.20. The number of hydrogen-bond acceptors (Lipinski definition) is 3. The third kappa shape index (κ3) is 2.51. The van der Waals surface area contributed by atoms with E-state index in [0.29, 0.717) is 11.3 Å². The third-order valence-electron chi connectivity index (χ3n) is 3.69. The molecule has 18 heavy (non-hydrogen) atoms. The molecule has 0 saturated heterocycles. The van der Waals surface area contributed by atoms with Crippen LogP contribution in [-0.2, 0) is 0 Å². The van der Waals surface area contributed by atoms with Crippen molar-refractivity contribution >= 4 is 5.91 Å². The van der Waals surface area contributed by atoms with Crippen LogP contribution in [0.3, 0.4) is 0 Å². The lowest BCUT2D eigenvalue weighted by Crippen LogP contribution is -2.41. The fraction of sp³-hybridized carbons (Fsp3) is 0.500. The van der Waals surface area contributed by atoms with Crippen molar-refractivity contribution < 1.29 is 4.79 Å². The van der Waals surface area contributed by atoms with Gasteiger partial charge < -0.3 is 5.32 Å². The Kier molecular flexibility index (Phi) is 3.33. The lowest BCUT2D eigenvalue weighted by atomic mass is 9.87. The van der Waals surface area contributed by atoms with Crippen LogP contribution in [0.2, 0.25) is 0 Å². The third-order valence-corrected chi connectivity index (χ3v) is 3.69. The van der Waals surface area contributed by atoms with E-state index < -0.39 is 0 Å². The molecule has 1 aromatic rings. The zero-order valence-corrected chi connectivity index (χ0v) is 10.7. The van der Waals surface area contributed by atoms with E-state index in [1.807, 2.05) is 6.07 Å². The van der Waals surface area contributed by atoms with Gasteiger partial charge in [-0.25, -0.2) is 4.98 Å². The first kappa shape index (κ1) is 12.6. The summed E-state index contributed by atoms with van der Waals surface area (Å²) < 4.78 is 0. The number of nitrogens with one attached hydrogen (secondary N) is 1. The highest BCUT2D eigenvalue weighted by molar-refractivity contribution is 5.92. The Bertz CT molecular complexity index is 485. The van der Waals surface area contributed by atoms with Crippen LogP contribution in [0.15, 0.2) is 18.3 Å². The second-order valence-electron chi connectivity index (χ2n) is 5.45. The summed E-state index contributed by atoms with van der Waals surface area (Å²) >= 11 is 0. The van der Waals surface area contributed by atoms with Gasteiger partial charge in [0.2, 0.25) is 0 Å². The van der Waals surface area contributed by atoms with Gasteiger partial charge in [0.1, 0.15) is 11.8 Å². The molecule has 1 amide bonds. The molecular weight excluding hydrogens is 226 g/mol. The van der Waals surface area contributed by atoms with Gasteiger partial charge in [-0.2, -0.15) is 5.26 Å². The summed E-state index contributed by atoms with van der Waals surface area (Å²) in [5, 5.41) is 11.7. The van der Waals surface area contributed by atoms with Gasteiger partial charge in [-0.3, -0.25) is 4.79 Å². The van der Waals surface area contributed by atoms with Crippen molar-refractivity contribution in [1.82, 2.24) is 10.3 Å². The summed E-state index contributed by atoms with van der Waals surface area (Å²) in [6, 6.07) is 5.40. The van der Waals surface area contributed by atoms with Gasteiger partial charge in [-0.15, -0.1) is 0 Å². The summed E-state index contributed by atoms with van der Waals surface area (Å²) in [6.45, 7) is 4.36. The summed E-state index contributed by atoms with van der Waals surface area (Å²) in [7, 11) is 0. The normalized spacial score (nSPS) is 21.3. The van der Waals surface area contributed by atoms with Crippen LogP contribution < -0.4 is 5.32 Å². The Morgan fingerprint density at radius 3 is 2.83 bits per heavy atom. The highest BCUT2D eigenvalue weighted by Gasteiger charge is 2.35. The standard InChI is InChI=1S/C14H17N3O/c1-14(2)7-3-4-12(14)17-13(18)11-6-5-10(8-15)9-16-11/h5-6,9,12H,3-4,7H2,1-2H3,(H,17,18). The van der Waals surface area contributed by atoms with E-state index in [4.69, 9.17) is 5.26 Å². The predicted molar refractivity (Wildman–Crippen MR) is 67.8 cm³/mol. The zero-order chi connectivity index (χ0) is 13.2.